The van der Waals surface area contributed by atoms with Gasteiger partial charge in [0.15, 0.2) is 0 Å². The molecule has 3 rings (SSSR count). The van der Waals surface area contributed by atoms with Crippen molar-refractivity contribution in [3.8, 4) is 0 Å². The van der Waals surface area contributed by atoms with Crippen LogP contribution < -0.4 is 0 Å². The standard InChI is InChI=1S/C17H17ClO/c1-2-12-3-5-13(6-4-12)17(18)14-7-8-15-10-19-11-16(15)9-14/h3-9,17H,2,10-11H2,1H3. The lowest BCUT2D eigenvalue weighted by Gasteiger charge is -2.12. The van der Waals surface area contributed by atoms with E-state index in [2.05, 4.69) is 49.4 Å². The molecule has 0 saturated carbocycles. The smallest absolute Gasteiger partial charge is 0.0835 e. The number of rotatable bonds is 3. The van der Waals surface area contributed by atoms with Gasteiger partial charge in [-0.3, -0.25) is 0 Å². The van der Waals surface area contributed by atoms with Gasteiger partial charge in [0.25, 0.3) is 0 Å². The van der Waals surface area contributed by atoms with E-state index < -0.39 is 0 Å². The largest absolute Gasteiger partial charge is 0.372 e. The minimum atomic E-state index is -0.0863. The third kappa shape index (κ3) is 2.54. The van der Waals surface area contributed by atoms with Gasteiger partial charge in [-0.25, -0.2) is 0 Å². The predicted molar refractivity (Wildman–Crippen MR) is 78.5 cm³/mol. The van der Waals surface area contributed by atoms with Gasteiger partial charge in [0, 0.05) is 0 Å². The van der Waals surface area contributed by atoms with Crippen LogP contribution in [0.25, 0.3) is 0 Å². The number of hydrogen-bond donors (Lipinski definition) is 0. The summed E-state index contributed by atoms with van der Waals surface area (Å²) < 4.78 is 5.44. The number of ether oxygens (including phenoxy) is 1. The van der Waals surface area contributed by atoms with Crippen LogP contribution in [0.4, 0.5) is 0 Å². The first-order chi connectivity index (χ1) is 9.28. The molecule has 1 aliphatic rings. The topological polar surface area (TPSA) is 9.23 Å². The van der Waals surface area contributed by atoms with Crippen molar-refractivity contribution >= 4 is 11.6 Å². The highest BCUT2D eigenvalue weighted by Crippen LogP contribution is 2.32. The first-order valence-electron chi connectivity index (χ1n) is 6.70. The van der Waals surface area contributed by atoms with Gasteiger partial charge in [0.1, 0.15) is 0 Å². The lowest BCUT2D eigenvalue weighted by atomic mass is 9.99. The van der Waals surface area contributed by atoms with Crippen molar-refractivity contribution in [2.75, 3.05) is 0 Å². The lowest BCUT2D eigenvalue weighted by molar-refractivity contribution is 0.134. The zero-order chi connectivity index (χ0) is 13.2. The molecular weight excluding hydrogens is 256 g/mol. The maximum Gasteiger partial charge on any atom is 0.0835 e. The number of hydrogen-bond acceptors (Lipinski definition) is 1. The summed E-state index contributed by atoms with van der Waals surface area (Å²) in [7, 11) is 0. The van der Waals surface area contributed by atoms with Gasteiger partial charge in [-0.15, -0.1) is 11.6 Å². The van der Waals surface area contributed by atoms with E-state index in [9.17, 15) is 0 Å². The fourth-order valence-corrected chi connectivity index (χ4v) is 2.75. The summed E-state index contributed by atoms with van der Waals surface area (Å²) in [6.07, 6.45) is 1.06. The van der Waals surface area contributed by atoms with Crippen LogP contribution in [0, 0.1) is 0 Å². The fourth-order valence-electron chi connectivity index (χ4n) is 2.46. The predicted octanol–water partition coefficient (Wildman–Crippen LogP) is 4.61. The summed E-state index contributed by atoms with van der Waals surface area (Å²) in [5.74, 6) is 0. The molecule has 0 aliphatic carbocycles. The van der Waals surface area contributed by atoms with Crippen LogP contribution in [0.5, 0.6) is 0 Å². The van der Waals surface area contributed by atoms with E-state index in [1.807, 2.05) is 0 Å². The molecule has 2 heteroatoms. The molecule has 2 aromatic rings. The molecule has 0 fully saturated rings. The van der Waals surface area contributed by atoms with Gasteiger partial charge in [-0.2, -0.15) is 0 Å². The second-order valence-corrected chi connectivity index (χ2v) is 5.42. The first-order valence-corrected chi connectivity index (χ1v) is 7.14. The second-order valence-electron chi connectivity index (χ2n) is 4.98. The van der Waals surface area contributed by atoms with Crippen LogP contribution in [-0.2, 0) is 24.4 Å². The molecule has 0 spiro atoms. The monoisotopic (exact) mass is 272 g/mol. The zero-order valence-corrected chi connectivity index (χ0v) is 11.8. The van der Waals surface area contributed by atoms with E-state index in [1.54, 1.807) is 0 Å². The third-order valence-corrected chi connectivity index (χ3v) is 4.22. The Morgan fingerprint density at radius 3 is 2.42 bits per heavy atom. The van der Waals surface area contributed by atoms with E-state index in [1.165, 1.54) is 16.7 Å². The van der Waals surface area contributed by atoms with E-state index in [-0.39, 0.29) is 5.38 Å². The van der Waals surface area contributed by atoms with Crippen LogP contribution >= 0.6 is 11.6 Å². The lowest BCUT2D eigenvalue weighted by Crippen LogP contribution is -1.95. The molecule has 2 aromatic carbocycles. The van der Waals surface area contributed by atoms with Crippen LogP contribution in [0.15, 0.2) is 42.5 Å². The molecule has 19 heavy (non-hydrogen) atoms. The van der Waals surface area contributed by atoms with Crippen molar-refractivity contribution in [3.63, 3.8) is 0 Å². The summed E-state index contributed by atoms with van der Waals surface area (Å²) in [5, 5.41) is -0.0863. The van der Waals surface area contributed by atoms with Gasteiger partial charge in [-0.05, 0) is 34.2 Å². The Labute approximate surface area is 119 Å². The minimum Gasteiger partial charge on any atom is -0.372 e. The summed E-state index contributed by atoms with van der Waals surface area (Å²) >= 11 is 6.59. The minimum absolute atomic E-state index is 0.0863. The van der Waals surface area contributed by atoms with Crippen LogP contribution in [-0.4, -0.2) is 0 Å². The fraction of sp³-hybridized carbons (Fsp3) is 0.294. The van der Waals surface area contributed by atoms with Gasteiger partial charge < -0.3 is 4.74 Å². The Kier molecular flexibility index (Phi) is 3.58. The highest BCUT2D eigenvalue weighted by molar-refractivity contribution is 6.22. The van der Waals surface area contributed by atoms with Crippen molar-refractivity contribution in [3.05, 3.63) is 70.3 Å². The Bertz CT molecular complexity index is 574. The molecule has 0 bridgehead atoms. The Morgan fingerprint density at radius 2 is 1.68 bits per heavy atom. The maximum absolute atomic E-state index is 6.59. The molecular formula is C17H17ClO. The number of halogens is 1. The third-order valence-electron chi connectivity index (χ3n) is 3.72. The van der Waals surface area contributed by atoms with Crippen LogP contribution in [0.1, 0.15) is 40.1 Å². The zero-order valence-electron chi connectivity index (χ0n) is 11.0. The Morgan fingerprint density at radius 1 is 1.00 bits per heavy atom. The number of fused-ring (bicyclic) bond motifs is 1. The molecule has 1 aliphatic heterocycles. The molecule has 0 saturated heterocycles. The van der Waals surface area contributed by atoms with E-state index in [4.69, 9.17) is 16.3 Å². The number of benzene rings is 2. The molecule has 1 atom stereocenters. The highest BCUT2D eigenvalue weighted by Gasteiger charge is 2.16. The van der Waals surface area contributed by atoms with Crippen LogP contribution in [0.2, 0.25) is 0 Å². The molecule has 98 valence electrons. The van der Waals surface area contributed by atoms with Gasteiger partial charge in [-0.1, -0.05) is 49.4 Å². The Balaban J connectivity index is 1.88. The summed E-state index contributed by atoms with van der Waals surface area (Å²) in [5.41, 5.74) is 6.20. The normalized spacial score (nSPS) is 15.3. The number of alkyl halides is 1. The van der Waals surface area contributed by atoms with Gasteiger partial charge in [0.2, 0.25) is 0 Å². The molecule has 0 radical (unpaired) electrons. The quantitative estimate of drug-likeness (QED) is 0.742. The van der Waals surface area contributed by atoms with E-state index >= 15 is 0 Å². The molecule has 1 heterocycles. The maximum atomic E-state index is 6.59. The average molecular weight is 273 g/mol. The summed E-state index contributed by atoms with van der Waals surface area (Å²) in [6.45, 7) is 3.60. The van der Waals surface area contributed by atoms with Crippen molar-refractivity contribution < 1.29 is 4.74 Å². The first kappa shape index (κ1) is 12.7. The molecule has 1 nitrogen and oxygen atoms in total. The molecule has 1 unspecified atom stereocenters. The summed E-state index contributed by atoms with van der Waals surface area (Å²) in [4.78, 5) is 0. The van der Waals surface area contributed by atoms with E-state index in [0.29, 0.717) is 6.61 Å². The molecule has 0 N–H and O–H groups in total. The van der Waals surface area contributed by atoms with Gasteiger partial charge in [0.05, 0.1) is 18.6 Å². The van der Waals surface area contributed by atoms with Gasteiger partial charge >= 0.3 is 0 Å². The van der Waals surface area contributed by atoms with Crippen molar-refractivity contribution in [2.24, 2.45) is 0 Å². The van der Waals surface area contributed by atoms with E-state index in [0.717, 1.165) is 24.2 Å². The summed E-state index contributed by atoms with van der Waals surface area (Å²) in [6, 6.07) is 15.0. The molecule has 0 amide bonds. The average Bonchev–Trinajstić information content (AvgIpc) is 2.94. The second kappa shape index (κ2) is 5.36. The van der Waals surface area contributed by atoms with Crippen LogP contribution in [0.3, 0.4) is 0 Å². The molecule has 0 aromatic heterocycles. The van der Waals surface area contributed by atoms with Crippen molar-refractivity contribution in [1.82, 2.24) is 0 Å². The van der Waals surface area contributed by atoms with Crippen molar-refractivity contribution in [2.45, 2.75) is 31.9 Å². The highest BCUT2D eigenvalue weighted by atomic mass is 35.5. The SMILES string of the molecule is CCc1ccc(C(Cl)c2ccc3c(c2)COC3)cc1. The Hall–Kier alpha value is -1.31. The van der Waals surface area contributed by atoms with Crippen molar-refractivity contribution in [1.29, 1.82) is 0 Å². The number of aryl methyl sites for hydroxylation is 1.